The second-order valence-corrected chi connectivity index (χ2v) is 7.71. The molecule has 1 unspecified atom stereocenters. The fourth-order valence-electron chi connectivity index (χ4n) is 2.77. The van der Waals surface area contributed by atoms with Crippen molar-refractivity contribution in [2.24, 2.45) is 0 Å². The van der Waals surface area contributed by atoms with Gasteiger partial charge in [-0.3, -0.25) is 0 Å². The normalized spacial score (nSPS) is 23.7. The van der Waals surface area contributed by atoms with E-state index < -0.39 is 28.1 Å². The molecule has 1 atom stereocenters. The van der Waals surface area contributed by atoms with Crippen LogP contribution in [0.15, 0.2) is 18.3 Å². The van der Waals surface area contributed by atoms with E-state index in [2.05, 4.69) is 4.98 Å². The van der Waals surface area contributed by atoms with E-state index in [1.165, 1.54) is 8.61 Å². The second kappa shape index (κ2) is 7.06. The molecule has 0 radical (unpaired) electrons. The average molecular weight is 381 g/mol. The van der Waals surface area contributed by atoms with Gasteiger partial charge in [0.1, 0.15) is 6.10 Å². The Labute approximate surface area is 143 Å². The summed E-state index contributed by atoms with van der Waals surface area (Å²) in [5, 5.41) is 0. The van der Waals surface area contributed by atoms with Gasteiger partial charge in [-0.05, 0) is 12.5 Å². The summed E-state index contributed by atoms with van der Waals surface area (Å²) in [7, 11) is -3.61. The van der Waals surface area contributed by atoms with Gasteiger partial charge in [-0.1, -0.05) is 0 Å². The largest absolute Gasteiger partial charge is 0.473 e. The van der Waals surface area contributed by atoms with Crippen molar-refractivity contribution in [1.82, 2.24) is 13.6 Å². The van der Waals surface area contributed by atoms with Crippen LogP contribution in [-0.4, -0.2) is 67.5 Å². The molecule has 11 heteroatoms. The van der Waals surface area contributed by atoms with Crippen molar-refractivity contribution < 1.29 is 31.1 Å². The topological polar surface area (TPSA) is 72.0 Å². The molecule has 0 aromatic carbocycles. The first kappa shape index (κ1) is 18.4. The maximum Gasteiger partial charge on any atom is 0.416 e. The SMILES string of the molecule is O=S(=O)(N1CCOCC1)N1CCC(Oc2cc(C(F)(F)F)ccn2)C1. The number of nitrogens with zero attached hydrogens (tertiary/aromatic N) is 3. The zero-order chi connectivity index (χ0) is 18.1. The van der Waals surface area contributed by atoms with E-state index in [0.717, 1.165) is 18.3 Å². The summed E-state index contributed by atoms with van der Waals surface area (Å²) in [6.07, 6.45) is -3.61. The van der Waals surface area contributed by atoms with Crippen LogP contribution in [-0.2, 0) is 21.1 Å². The Morgan fingerprint density at radius 2 is 1.92 bits per heavy atom. The molecule has 0 spiro atoms. The molecular formula is C14H18F3N3O4S. The molecule has 2 aliphatic heterocycles. The third-order valence-corrected chi connectivity index (χ3v) is 6.08. The molecule has 3 heterocycles. The van der Waals surface area contributed by atoms with Crippen molar-refractivity contribution in [3.63, 3.8) is 0 Å². The third kappa shape index (κ3) is 4.22. The van der Waals surface area contributed by atoms with Crippen molar-refractivity contribution in [3.05, 3.63) is 23.9 Å². The highest BCUT2D eigenvalue weighted by Gasteiger charge is 2.37. The molecule has 1 aromatic heterocycles. The fourth-order valence-corrected chi connectivity index (χ4v) is 4.39. The highest BCUT2D eigenvalue weighted by atomic mass is 32.2. The minimum atomic E-state index is -4.48. The lowest BCUT2D eigenvalue weighted by Crippen LogP contribution is -2.48. The van der Waals surface area contributed by atoms with Gasteiger partial charge < -0.3 is 9.47 Å². The van der Waals surface area contributed by atoms with E-state index in [0.29, 0.717) is 32.7 Å². The number of ether oxygens (including phenoxy) is 2. The van der Waals surface area contributed by atoms with E-state index >= 15 is 0 Å². The van der Waals surface area contributed by atoms with E-state index in [1.807, 2.05) is 0 Å². The smallest absolute Gasteiger partial charge is 0.416 e. The lowest BCUT2D eigenvalue weighted by atomic mass is 10.2. The van der Waals surface area contributed by atoms with Gasteiger partial charge in [0.25, 0.3) is 10.2 Å². The Morgan fingerprint density at radius 1 is 1.20 bits per heavy atom. The first-order valence-corrected chi connectivity index (χ1v) is 9.19. The van der Waals surface area contributed by atoms with Gasteiger partial charge in [0, 0.05) is 31.9 Å². The highest BCUT2D eigenvalue weighted by molar-refractivity contribution is 7.86. The molecule has 0 saturated carbocycles. The van der Waals surface area contributed by atoms with Gasteiger partial charge >= 0.3 is 6.18 Å². The molecule has 7 nitrogen and oxygen atoms in total. The summed E-state index contributed by atoms with van der Waals surface area (Å²) in [5.74, 6) is -0.162. The zero-order valence-corrected chi connectivity index (χ0v) is 14.1. The predicted octanol–water partition coefficient (Wildman–Crippen LogP) is 1.13. The van der Waals surface area contributed by atoms with Crippen LogP contribution >= 0.6 is 0 Å². The van der Waals surface area contributed by atoms with Crippen molar-refractivity contribution in [2.45, 2.75) is 18.7 Å². The maximum absolute atomic E-state index is 12.7. The summed E-state index contributed by atoms with van der Waals surface area (Å²) in [6.45, 7) is 1.61. The predicted molar refractivity (Wildman–Crippen MR) is 81.2 cm³/mol. The van der Waals surface area contributed by atoms with Gasteiger partial charge in [-0.15, -0.1) is 0 Å². The van der Waals surface area contributed by atoms with Crippen molar-refractivity contribution in [1.29, 1.82) is 0 Å². The molecule has 2 aliphatic rings. The van der Waals surface area contributed by atoms with Crippen LogP contribution < -0.4 is 4.74 Å². The first-order valence-electron chi connectivity index (χ1n) is 7.80. The highest BCUT2D eigenvalue weighted by Crippen LogP contribution is 2.31. The van der Waals surface area contributed by atoms with Gasteiger partial charge in [-0.25, -0.2) is 4.98 Å². The summed E-state index contributed by atoms with van der Waals surface area (Å²) in [5.41, 5.74) is -0.853. The molecule has 0 N–H and O–H groups in total. The summed E-state index contributed by atoms with van der Waals surface area (Å²) < 4.78 is 76.5. The standard InChI is InChI=1S/C14H18F3N3O4S/c15-14(16,17)11-1-3-18-13(9-11)24-12-2-4-20(10-12)25(21,22)19-5-7-23-8-6-19/h1,3,9,12H,2,4-8,10H2. The number of halogens is 3. The molecule has 1 aromatic rings. The van der Waals surface area contributed by atoms with E-state index in [-0.39, 0.29) is 19.0 Å². The number of aromatic nitrogens is 1. The van der Waals surface area contributed by atoms with Gasteiger partial charge in [0.05, 0.1) is 25.3 Å². The van der Waals surface area contributed by atoms with Crippen LogP contribution in [0.4, 0.5) is 13.2 Å². The van der Waals surface area contributed by atoms with Crippen LogP contribution in [0.3, 0.4) is 0 Å². The fraction of sp³-hybridized carbons (Fsp3) is 0.643. The molecule has 0 aliphatic carbocycles. The van der Waals surface area contributed by atoms with Crippen LogP contribution in [0.1, 0.15) is 12.0 Å². The molecule has 3 rings (SSSR count). The van der Waals surface area contributed by atoms with Gasteiger partial charge in [0.15, 0.2) is 0 Å². The lowest BCUT2D eigenvalue weighted by Gasteiger charge is -2.30. The molecule has 0 bridgehead atoms. The Kier molecular flexibility index (Phi) is 5.19. The van der Waals surface area contributed by atoms with Crippen molar-refractivity contribution in [2.75, 3.05) is 39.4 Å². The summed E-state index contributed by atoms with van der Waals surface area (Å²) >= 11 is 0. The number of alkyl halides is 3. The Balaban J connectivity index is 1.63. The van der Waals surface area contributed by atoms with Crippen LogP contribution in [0, 0.1) is 0 Å². The van der Waals surface area contributed by atoms with Crippen LogP contribution in [0.5, 0.6) is 5.88 Å². The molecule has 2 saturated heterocycles. The number of hydrogen-bond acceptors (Lipinski definition) is 5. The molecule has 0 amide bonds. The first-order chi connectivity index (χ1) is 11.8. The van der Waals surface area contributed by atoms with Gasteiger partial charge in [0.2, 0.25) is 5.88 Å². The van der Waals surface area contributed by atoms with Crippen molar-refractivity contribution in [3.8, 4) is 5.88 Å². The molecule has 140 valence electrons. The third-order valence-electron chi connectivity index (χ3n) is 4.08. The lowest BCUT2D eigenvalue weighted by molar-refractivity contribution is -0.137. The maximum atomic E-state index is 12.7. The van der Waals surface area contributed by atoms with Crippen LogP contribution in [0.2, 0.25) is 0 Å². The zero-order valence-electron chi connectivity index (χ0n) is 13.3. The van der Waals surface area contributed by atoms with Crippen molar-refractivity contribution >= 4 is 10.2 Å². The second-order valence-electron chi connectivity index (χ2n) is 5.79. The average Bonchev–Trinajstić information content (AvgIpc) is 3.04. The quantitative estimate of drug-likeness (QED) is 0.782. The minimum Gasteiger partial charge on any atom is -0.473 e. The Morgan fingerprint density at radius 3 is 2.60 bits per heavy atom. The monoisotopic (exact) mass is 381 g/mol. The van der Waals surface area contributed by atoms with Crippen LogP contribution in [0.25, 0.3) is 0 Å². The minimum absolute atomic E-state index is 0.0810. The molecular weight excluding hydrogens is 363 g/mol. The number of morpholine rings is 1. The number of pyridine rings is 1. The van der Waals surface area contributed by atoms with Gasteiger partial charge in [-0.2, -0.15) is 30.2 Å². The number of hydrogen-bond donors (Lipinski definition) is 0. The van der Waals surface area contributed by atoms with E-state index in [9.17, 15) is 21.6 Å². The Hall–Kier alpha value is -1.43. The number of rotatable bonds is 4. The molecule has 2 fully saturated rings. The summed E-state index contributed by atoms with van der Waals surface area (Å²) in [6, 6.07) is 1.68. The van der Waals surface area contributed by atoms with E-state index in [4.69, 9.17) is 9.47 Å². The van der Waals surface area contributed by atoms with E-state index in [1.54, 1.807) is 0 Å². The summed E-state index contributed by atoms with van der Waals surface area (Å²) in [4.78, 5) is 3.78. The molecule has 25 heavy (non-hydrogen) atoms. The Bertz CT molecular complexity index is 708.